The van der Waals surface area contributed by atoms with Gasteiger partial charge in [0.1, 0.15) is 0 Å². The summed E-state index contributed by atoms with van der Waals surface area (Å²) in [6, 6.07) is 9.84. The quantitative estimate of drug-likeness (QED) is 0.798. The van der Waals surface area contributed by atoms with Gasteiger partial charge in [-0.1, -0.05) is 12.1 Å². The summed E-state index contributed by atoms with van der Waals surface area (Å²) in [5, 5.41) is 10.7. The number of hydrogen-bond donors (Lipinski definition) is 0. The van der Waals surface area contributed by atoms with E-state index < -0.39 is 5.97 Å². The number of likely N-dealkylation sites (N-methyl/N-ethyl adjacent to an activating group) is 1. The number of thioether (sulfide) groups is 1. The maximum Gasteiger partial charge on any atom is 0.293 e. The molecule has 0 bridgehead atoms. The van der Waals surface area contributed by atoms with E-state index in [2.05, 4.69) is 0 Å². The van der Waals surface area contributed by atoms with Crippen molar-refractivity contribution in [1.29, 1.82) is 0 Å². The third-order valence-corrected chi connectivity index (χ3v) is 4.37. The predicted molar refractivity (Wildman–Crippen MR) is 83.8 cm³/mol. The highest BCUT2D eigenvalue weighted by Crippen LogP contribution is 2.31. The van der Waals surface area contributed by atoms with Gasteiger partial charge >= 0.3 is 0 Å². The van der Waals surface area contributed by atoms with Crippen molar-refractivity contribution in [3.05, 3.63) is 58.8 Å². The molecule has 116 valence electrons. The van der Waals surface area contributed by atoms with Crippen LogP contribution in [0, 0.1) is 0 Å². The second-order valence-electron chi connectivity index (χ2n) is 4.88. The molecule has 1 fully saturated rings. The van der Waals surface area contributed by atoms with Crippen molar-refractivity contribution in [2.75, 3.05) is 7.05 Å². The highest BCUT2D eigenvalue weighted by molar-refractivity contribution is 8.18. The number of imide groups is 1. The number of amides is 2. The lowest BCUT2D eigenvalue weighted by atomic mass is 10.2. The van der Waals surface area contributed by atoms with Crippen molar-refractivity contribution in [3.8, 4) is 5.69 Å². The number of nitrogens with zero attached hydrogens (tertiary/aromatic N) is 2. The van der Waals surface area contributed by atoms with Crippen molar-refractivity contribution < 1.29 is 19.5 Å². The number of carboxylic acid groups (broad SMARTS) is 1. The zero-order valence-electron chi connectivity index (χ0n) is 12.1. The lowest BCUT2D eigenvalue weighted by molar-refractivity contribution is -0.255. The number of carbonyl (C=O) groups excluding carboxylic acids is 3. The Labute approximate surface area is 136 Å². The van der Waals surface area contributed by atoms with Crippen LogP contribution in [-0.4, -0.2) is 33.6 Å². The summed E-state index contributed by atoms with van der Waals surface area (Å²) in [5.41, 5.74) is 1.36. The van der Waals surface area contributed by atoms with E-state index >= 15 is 0 Å². The Bertz CT molecular complexity index is 853. The van der Waals surface area contributed by atoms with E-state index in [9.17, 15) is 19.5 Å². The Morgan fingerprint density at radius 1 is 1.22 bits per heavy atom. The van der Waals surface area contributed by atoms with Gasteiger partial charge in [-0.3, -0.25) is 14.5 Å². The fourth-order valence-corrected chi connectivity index (χ4v) is 3.02. The highest BCUT2D eigenvalue weighted by Gasteiger charge is 2.31. The molecule has 2 amide bonds. The molecule has 3 rings (SSSR count). The standard InChI is InChI=1S/C16H12N2O4S/c1-17-14(19)13(23-16(17)22)9-12-6-3-7-18(12)11-5-2-4-10(8-11)15(20)21/h2-9H,1H3,(H,20,21)/p-1/b13-9+. The third kappa shape index (κ3) is 2.78. The summed E-state index contributed by atoms with van der Waals surface area (Å²) in [7, 11) is 1.43. The topological polar surface area (TPSA) is 82.4 Å². The van der Waals surface area contributed by atoms with E-state index in [-0.39, 0.29) is 16.7 Å². The van der Waals surface area contributed by atoms with E-state index in [4.69, 9.17) is 0 Å². The minimum absolute atomic E-state index is 0.0658. The van der Waals surface area contributed by atoms with E-state index in [1.165, 1.54) is 19.2 Å². The van der Waals surface area contributed by atoms with Gasteiger partial charge in [-0.2, -0.15) is 0 Å². The first kappa shape index (κ1) is 15.1. The van der Waals surface area contributed by atoms with Crippen LogP contribution >= 0.6 is 11.8 Å². The summed E-state index contributed by atoms with van der Waals surface area (Å²) in [6.45, 7) is 0. The number of rotatable bonds is 3. The van der Waals surface area contributed by atoms with Gasteiger partial charge in [0.05, 0.1) is 10.9 Å². The Morgan fingerprint density at radius 2 is 2.00 bits per heavy atom. The van der Waals surface area contributed by atoms with E-state index in [1.54, 1.807) is 41.1 Å². The first-order chi connectivity index (χ1) is 11.0. The number of benzene rings is 1. The minimum Gasteiger partial charge on any atom is -0.545 e. The molecule has 0 spiro atoms. The Balaban J connectivity index is 2.01. The van der Waals surface area contributed by atoms with Gasteiger partial charge in [0, 0.05) is 24.6 Å². The van der Waals surface area contributed by atoms with Crippen LogP contribution in [0.2, 0.25) is 0 Å². The van der Waals surface area contributed by atoms with Crippen molar-refractivity contribution in [2.24, 2.45) is 0 Å². The van der Waals surface area contributed by atoms with Gasteiger partial charge in [-0.05, 0) is 47.7 Å². The van der Waals surface area contributed by atoms with Gasteiger partial charge < -0.3 is 14.5 Å². The zero-order valence-corrected chi connectivity index (χ0v) is 12.9. The molecule has 1 aliphatic heterocycles. The van der Waals surface area contributed by atoms with Crippen LogP contribution in [0.15, 0.2) is 47.5 Å². The molecule has 1 saturated heterocycles. The average molecular weight is 327 g/mol. The van der Waals surface area contributed by atoms with Gasteiger partial charge in [0.15, 0.2) is 0 Å². The van der Waals surface area contributed by atoms with Crippen LogP contribution in [0.4, 0.5) is 4.79 Å². The molecular weight excluding hydrogens is 316 g/mol. The van der Waals surface area contributed by atoms with E-state index in [0.29, 0.717) is 16.3 Å². The van der Waals surface area contributed by atoms with Crippen molar-refractivity contribution >= 4 is 35.0 Å². The second kappa shape index (κ2) is 5.77. The molecule has 7 heteroatoms. The maximum atomic E-state index is 12.0. The molecule has 0 radical (unpaired) electrons. The number of hydrogen-bond acceptors (Lipinski definition) is 5. The molecule has 0 N–H and O–H groups in total. The molecule has 2 heterocycles. The SMILES string of the molecule is CN1C(=O)S/C(=C/c2cccn2-c2cccc(C(=O)[O-])c2)C1=O. The van der Waals surface area contributed by atoms with Crippen molar-refractivity contribution in [3.63, 3.8) is 0 Å². The number of carbonyl (C=O) groups is 3. The first-order valence-electron chi connectivity index (χ1n) is 6.68. The largest absolute Gasteiger partial charge is 0.545 e. The summed E-state index contributed by atoms with van der Waals surface area (Å²) in [5.74, 6) is -1.61. The zero-order chi connectivity index (χ0) is 16.6. The Kier molecular flexibility index (Phi) is 3.79. The lowest BCUT2D eigenvalue weighted by Crippen LogP contribution is -2.22. The fourth-order valence-electron chi connectivity index (χ4n) is 2.21. The summed E-state index contributed by atoms with van der Waals surface area (Å²) < 4.78 is 1.73. The lowest BCUT2D eigenvalue weighted by Gasteiger charge is -2.10. The molecule has 0 unspecified atom stereocenters. The predicted octanol–water partition coefficient (Wildman–Crippen LogP) is 1.51. The Morgan fingerprint density at radius 3 is 2.65 bits per heavy atom. The second-order valence-corrected chi connectivity index (χ2v) is 5.87. The first-order valence-corrected chi connectivity index (χ1v) is 7.50. The average Bonchev–Trinajstić information content (AvgIpc) is 3.09. The summed E-state index contributed by atoms with van der Waals surface area (Å²) in [4.78, 5) is 35.9. The van der Waals surface area contributed by atoms with Crippen LogP contribution in [0.3, 0.4) is 0 Å². The molecular formula is C16H11N2O4S-. The summed E-state index contributed by atoms with van der Waals surface area (Å²) in [6.07, 6.45) is 3.36. The molecule has 23 heavy (non-hydrogen) atoms. The van der Waals surface area contributed by atoms with Crippen molar-refractivity contribution in [1.82, 2.24) is 9.47 Å². The number of aromatic carboxylic acids is 1. The molecule has 0 atom stereocenters. The van der Waals surface area contributed by atoms with Crippen LogP contribution in [0.25, 0.3) is 11.8 Å². The summed E-state index contributed by atoms with van der Waals surface area (Å²) >= 11 is 0.873. The monoisotopic (exact) mass is 327 g/mol. The van der Waals surface area contributed by atoms with Gasteiger partial charge in [-0.25, -0.2) is 0 Å². The van der Waals surface area contributed by atoms with Gasteiger partial charge in [0.25, 0.3) is 11.1 Å². The number of aromatic nitrogens is 1. The van der Waals surface area contributed by atoms with Crippen LogP contribution in [0.1, 0.15) is 16.1 Å². The molecule has 1 aromatic carbocycles. The Hall–Kier alpha value is -2.80. The van der Waals surface area contributed by atoms with Crippen molar-refractivity contribution in [2.45, 2.75) is 0 Å². The van der Waals surface area contributed by atoms with Gasteiger partial charge in [0.2, 0.25) is 0 Å². The molecule has 6 nitrogen and oxygen atoms in total. The van der Waals surface area contributed by atoms with Crippen LogP contribution in [0.5, 0.6) is 0 Å². The minimum atomic E-state index is -1.26. The highest BCUT2D eigenvalue weighted by atomic mass is 32.2. The van der Waals surface area contributed by atoms with E-state index in [1.807, 2.05) is 0 Å². The normalized spacial score (nSPS) is 16.4. The third-order valence-electron chi connectivity index (χ3n) is 3.41. The van der Waals surface area contributed by atoms with Gasteiger partial charge in [-0.15, -0.1) is 0 Å². The van der Waals surface area contributed by atoms with Crippen LogP contribution < -0.4 is 5.11 Å². The molecule has 1 aromatic heterocycles. The molecule has 1 aliphatic rings. The van der Waals surface area contributed by atoms with E-state index in [0.717, 1.165) is 16.7 Å². The molecule has 0 aliphatic carbocycles. The fraction of sp³-hybridized carbons (Fsp3) is 0.0625. The molecule has 2 aromatic rings. The number of carboxylic acids is 1. The smallest absolute Gasteiger partial charge is 0.293 e. The maximum absolute atomic E-state index is 12.0. The molecule has 0 saturated carbocycles. The van der Waals surface area contributed by atoms with Crippen LogP contribution in [-0.2, 0) is 4.79 Å².